The first-order valence-electron chi connectivity index (χ1n) is 15.9. The lowest BCUT2D eigenvalue weighted by atomic mass is 9.82. The molecule has 1 fully saturated rings. The highest BCUT2D eigenvalue weighted by Gasteiger charge is 2.61. The Hall–Kier alpha value is -5.55. The van der Waals surface area contributed by atoms with E-state index in [1.54, 1.807) is 54.6 Å². The zero-order valence-corrected chi connectivity index (χ0v) is 26.5. The topological polar surface area (TPSA) is 105 Å². The molecule has 1 heterocycles. The minimum atomic E-state index is -5.11. The lowest BCUT2D eigenvalue weighted by Gasteiger charge is -2.45. The van der Waals surface area contributed by atoms with Gasteiger partial charge in [-0.25, -0.2) is 14.4 Å². The van der Waals surface area contributed by atoms with Crippen molar-refractivity contribution in [3.8, 4) is 0 Å². The molecule has 6 rings (SSSR count). The molecular weight excluding hydrogens is 653 g/mol. The average Bonchev–Trinajstić information content (AvgIpc) is 3.57. The molecule has 1 aliphatic heterocycles. The molecule has 0 bridgehead atoms. The summed E-state index contributed by atoms with van der Waals surface area (Å²) in [6.45, 7) is -0.694. The Morgan fingerprint density at radius 2 is 1.14 bits per heavy atom. The zero-order chi connectivity index (χ0) is 35.3. The SMILES string of the molecule is O=C(CC1OC(COC(=O)c2ccccc2)C(OC(=O)c2ccccc2)C(OC(=O)c2ccccc2)C1C(F)(F)F)C1=CCc2ccccc21. The fourth-order valence-corrected chi connectivity index (χ4v) is 6.19. The van der Waals surface area contributed by atoms with Crippen LogP contribution in [-0.4, -0.2) is 60.9 Å². The Kier molecular flexibility index (Phi) is 10.2. The van der Waals surface area contributed by atoms with Gasteiger partial charge in [-0.1, -0.05) is 84.9 Å². The summed E-state index contributed by atoms with van der Waals surface area (Å²) in [6.07, 6.45) is -11.4. The molecule has 4 aromatic carbocycles. The van der Waals surface area contributed by atoms with Crippen molar-refractivity contribution in [2.75, 3.05) is 6.61 Å². The summed E-state index contributed by atoms with van der Waals surface area (Å²) in [4.78, 5) is 53.4. The minimum absolute atomic E-state index is 0.00774. The molecular formula is C39H31F3O8. The first kappa shape index (κ1) is 34.3. The highest BCUT2D eigenvalue weighted by molar-refractivity contribution is 6.22. The lowest BCUT2D eigenvalue weighted by Crippen LogP contribution is -2.62. The number of hydrogen-bond acceptors (Lipinski definition) is 8. The van der Waals surface area contributed by atoms with Gasteiger partial charge in [-0.3, -0.25) is 4.79 Å². The number of ketones is 1. The van der Waals surface area contributed by atoms with E-state index in [1.807, 2.05) is 6.07 Å². The summed E-state index contributed by atoms with van der Waals surface area (Å²) in [5, 5.41) is 0. The quantitative estimate of drug-likeness (QED) is 0.132. The van der Waals surface area contributed by atoms with Gasteiger partial charge in [-0.05, 0) is 53.9 Å². The van der Waals surface area contributed by atoms with Crippen LogP contribution in [0.25, 0.3) is 5.57 Å². The van der Waals surface area contributed by atoms with E-state index in [-0.39, 0.29) is 22.3 Å². The number of esters is 3. The summed E-state index contributed by atoms with van der Waals surface area (Å²) in [5.74, 6) is -6.21. The van der Waals surface area contributed by atoms with Crippen molar-refractivity contribution in [1.82, 2.24) is 0 Å². The molecule has 5 unspecified atom stereocenters. The van der Waals surface area contributed by atoms with Crippen LogP contribution in [0.5, 0.6) is 0 Å². The van der Waals surface area contributed by atoms with Gasteiger partial charge in [0.1, 0.15) is 18.6 Å². The van der Waals surface area contributed by atoms with E-state index in [0.29, 0.717) is 12.0 Å². The Morgan fingerprint density at radius 1 is 0.640 bits per heavy atom. The molecule has 0 N–H and O–H groups in total. The molecule has 4 aromatic rings. The fourth-order valence-electron chi connectivity index (χ4n) is 6.19. The monoisotopic (exact) mass is 684 g/mol. The fraction of sp³-hybridized carbons (Fsp3) is 0.231. The molecule has 50 heavy (non-hydrogen) atoms. The van der Waals surface area contributed by atoms with Crippen molar-refractivity contribution >= 4 is 29.3 Å². The third-order valence-corrected chi connectivity index (χ3v) is 8.59. The molecule has 1 saturated heterocycles. The number of fused-ring (bicyclic) bond motifs is 1. The number of alkyl halides is 3. The number of benzene rings is 4. The Labute approximate surface area is 285 Å². The molecule has 0 aromatic heterocycles. The maximum absolute atomic E-state index is 15.2. The van der Waals surface area contributed by atoms with Gasteiger partial charge in [-0.15, -0.1) is 0 Å². The van der Waals surface area contributed by atoms with Crippen LogP contribution in [0.15, 0.2) is 121 Å². The van der Waals surface area contributed by atoms with Crippen LogP contribution in [0.2, 0.25) is 0 Å². The van der Waals surface area contributed by atoms with Crippen molar-refractivity contribution in [3.05, 3.63) is 149 Å². The molecule has 11 heteroatoms. The van der Waals surface area contributed by atoms with Gasteiger partial charge < -0.3 is 18.9 Å². The van der Waals surface area contributed by atoms with E-state index in [2.05, 4.69) is 0 Å². The second kappa shape index (κ2) is 14.9. The normalized spacial score (nSPS) is 21.3. The second-order valence-corrected chi connectivity index (χ2v) is 11.8. The molecule has 256 valence electrons. The Morgan fingerprint density at radius 3 is 1.70 bits per heavy atom. The number of hydrogen-bond donors (Lipinski definition) is 0. The predicted octanol–water partition coefficient (Wildman–Crippen LogP) is 6.84. The average molecular weight is 685 g/mol. The first-order chi connectivity index (χ1) is 24.1. The number of carbonyl (C=O) groups is 4. The van der Waals surface area contributed by atoms with Crippen molar-refractivity contribution in [1.29, 1.82) is 0 Å². The van der Waals surface area contributed by atoms with Gasteiger partial charge in [0.25, 0.3) is 0 Å². The molecule has 0 radical (unpaired) electrons. The van der Waals surface area contributed by atoms with E-state index in [4.69, 9.17) is 18.9 Å². The minimum Gasteiger partial charge on any atom is -0.459 e. The standard InChI is InChI=1S/C39H31F3O8/c40-39(41,42)33-31(22-30(43)29-21-20-24-12-10-11-19-28(24)29)48-32(23-47-36(44)25-13-4-1-5-14-25)34(49-37(45)26-15-6-2-7-16-26)35(33)50-38(46)27-17-8-3-9-18-27/h1-19,21,31-35H,20,22-23H2. The summed E-state index contributed by atoms with van der Waals surface area (Å²) in [6, 6.07) is 29.8. The molecule has 5 atom stereocenters. The number of halogens is 3. The van der Waals surface area contributed by atoms with Gasteiger partial charge in [-0.2, -0.15) is 13.2 Å². The maximum atomic E-state index is 15.2. The summed E-state index contributed by atoms with van der Waals surface area (Å²) in [5.41, 5.74) is 1.80. The van der Waals surface area contributed by atoms with Crippen molar-refractivity contribution in [2.24, 2.45) is 5.92 Å². The van der Waals surface area contributed by atoms with Gasteiger partial charge in [0.2, 0.25) is 0 Å². The first-order valence-corrected chi connectivity index (χ1v) is 15.9. The number of allylic oxidation sites excluding steroid dienone is 2. The van der Waals surface area contributed by atoms with Gasteiger partial charge in [0, 0.05) is 12.0 Å². The van der Waals surface area contributed by atoms with Crippen LogP contribution in [0, 0.1) is 5.92 Å². The number of ether oxygens (including phenoxy) is 4. The van der Waals surface area contributed by atoms with E-state index < -0.39 is 73.2 Å². The van der Waals surface area contributed by atoms with E-state index in [0.717, 1.165) is 5.56 Å². The van der Waals surface area contributed by atoms with Gasteiger partial charge in [0.05, 0.1) is 22.8 Å². The molecule has 8 nitrogen and oxygen atoms in total. The van der Waals surface area contributed by atoms with E-state index >= 15 is 13.2 Å². The van der Waals surface area contributed by atoms with Crippen LogP contribution in [-0.2, 0) is 30.2 Å². The molecule has 0 spiro atoms. The van der Waals surface area contributed by atoms with E-state index in [9.17, 15) is 19.2 Å². The van der Waals surface area contributed by atoms with Crippen LogP contribution in [0.3, 0.4) is 0 Å². The maximum Gasteiger partial charge on any atom is 0.398 e. The Balaban J connectivity index is 1.38. The number of carbonyl (C=O) groups excluding carboxylic acids is 4. The third kappa shape index (κ3) is 7.68. The third-order valence-electron chi connectivity index (χ3n) is 8.59. The molecule has 2 aliphatic rings. The van der Waals surface area contributed by atoms with E-state index in [1.165, 1.54) is 60.7 Å². The highest BCUT2D eigenvalue weighted by Crippen LogP contribution is 2.44. The van der Waals surface area contributed by atoms with Crippen molar-refractivity contribution in [3.63, 3.8) is 0 Å². The zero-order valence-electron chi connectivity index (χ0n) is 26.5. The van der Waals surface area contributed by atoms with Crippen molar-refractivity contribution < 1.29 is 51.3 Å². The van der Waals surface area contributed by atoms with Crippen LogP contribution in [0.4, 0.5) is 13.2 Å². The summed E-state index contributed by atoms with van der Waals surface area (Å²) in [7, 11) is 0. The summed E-state index contributed by atoms with van der Waals surface area (Å²) < 4.78 is 68.4. The smallest absolute Gasteiger partial charge is 0.398 e. The van der Waals surface area contributed by atoms with Crippen LogP contribution >= 0.6 is 0 Å². The molecule has 0 amide bonds. The van der Waals surface area contributed by atoms with Gasteiger partial charge >= 0.3 is 24.1 Å². The second-order valence-electron chi connectivity index (χ2n) is 11.8. The highest BCUT2D eigenvalue weighted by atomic mass is 19.4. The lowest BCUT2D eigenvalue weighted by molar-refractivity contribution is -0.290. The molecule has 0 saturated carbocycles. The van der Waals surface area contributed by atoms with Crippen LogP contribution < -0.4 is 0 Å². The Bertz CT molecular complexity index is 1880. The summed E-state index contributed by atoms with van der Waals surface area (Å²) >= 11 is 0. The largest absolute Gasteiger partial charge is 0.459 e. The van der Waals surface area contributed by atoms with Crippen LogP contribution in [0.1, 0.15) is 48.6 Å². The number of rotatable bonds is 10. The molecule has 1 aliphatic carbocycles. The predicted molar refractivity (Wildman–Crippen MR) is 174 cm³/mol. The van der Waals surface area contributed by atoms with Gasteiger partial charge in [0.15, 0.2) is 18.0 Å². The van der Waals surface area contributed by atoms with Crippen molar-refractivity contribution in [2.45, 2.75) is 43.4 Å². The number of Topliss-reactive ketones (excluding diaryl/α,β-unsaturated/α-hetero) is 1.